The van der Waals surface area contributed by atoms with Gasteiger partial charge in [0, 0.05) is 10.9 Å². The largest absolute Gasteiger partial charge is 0.441 e. The van der Waals surface area contributed by atoms with Crippen molar-refractivity contribution in [3.05, 3.63) is 29.3 Å². The zero-order valence-corrected chi connectivity index (χ0v) is 9.22. The molecule has 2 heteroatoms. The lowest BCUT2D eigenvalue weighted by Gasteiger charge is -1.93. The van der Waals surface area contributed by atoms with Crippen LogP contribution in [-0.4, -0.2) is 0 Å². The van der Waals surface area contributed by atoms with Crippen LogP contribution in [0.2, 0.25) is 0 Å². The molecular formula is C12H17NO. The van der Waals surface area contributed by atoms with Crippen molar-refractivity contribution < 1.29 is 4.42 Å². The number of furan rings is 1. The van der Waals surface area contributed by atoms with Crippen LogP contribution in [0.4, 0.5) is 5.88 Å². The normalized spacial score (nSPS) is 9.71. The van der Waals surface area contributed by atoms with Crippen molar-refractivity contribution in [2.24, 2.45) is 0 Å². The molecular weight excluding hydrogens is 174 g/mol. The van der Waals surface area contributed by atoms with Crippen LogP contribution in [0.3, 0.4) is 0 Å². The molecule has 76 valence electrons. The Bertz CT molecular complexity index is 429. The van der Waals surface area contributed by atoms with Crippen LogP contribution >= 0.6 is 0 Å². The van der Waals surface area contributed by atoms with Crippen molar-refractivity contribution in [3.8, 4) is 0 Å². The fourth-order valence-electron chi connectivity index (χ4n) is 1.52. The molecule has 1 aromatic heterocycles. The molecule has 0 atom stereocenters. The van der Waals surface area contributed by atoms with Gasteiger partial charge in [-0.05, 0) is 25.5 Å². The molecule has 0 saturated carbocycles. The van der Waals surface area contributed by atoms with Gasteiger partial charge in [-0.25, -0.2) is 0 Å². The maximum Gasteiger partial charge on any atom is 0.194 e. The van der Waals surface area contributed by atoms with Crippen LogP contribution in [-0.2, 0) is 0 Å². The van der Waals surface area contributed by atoms with Crippen molar-refractivity contribution in [2.75, 3.05) is 5.73 Å². The fraction of sp³-hybridized carbons (Fsp3) is 0.333. The monoisotopic (exact) mass is 191 g/mol. The van der Waals surface area contributed by atoms with Gasteiger partial charge >= 0.3 is 0 Å². The average Bonchev–Trinajstić information content (AvgIpc) is 2.47. The Kier molecular flexibility index (Phi) is 3.18. The van der Waals surface area contributed by atoms with E-state index in [1.165, 1.54) is 5.56 Å². The van der Waals surface area contributed by atoms with E-state index in [0.29, 0.717) is 5.88 Å². The van der Waals surface area contributed by atoms with Gasteiger partial charge in [0.1, 0.15) is 5.58 Å². The number of anilines is 1. The summed E-state index contributed by atoms with van der Waals surface area (Å²) in [5.41, 5.74) is 8.79. The highest BCUT2D eigenvalue weighted by Gasteiger charge is 2.08. The summed E-state index contributed by atoms with van der Waals surface area (Å²) in [5, 5.41) is 1.15. The molecule has 0 radical (unpaired) electrons. The van der Waals surface area contributed by atoms with Gasteiger partial charge in [0.25, 0.3) is 0 Å². The summed E-state index contributed by atoms with van der Waals surface area (Å²) in [4.78, 5) is 0. The Morgan fingerprint density at radius 2 is 1.79 bits per heavy atom. The van der Waals surface area contributed by atoms with Crippen LogP contribution in [0.5, 0.6) is 0 Å². The minimum atomic E-state index is 0.527. The smallest absolute Gasteiger partial charge is 0.194 e. The lowest BCUT2D eigenvalue weighted by atomic mass is 10.1. The number of rotatable bonds is 0. The van der Waals surface area contributed by atoms with Gasteiger partial charge in [-0.2, -0.15) is 0 Å². The fourth-order valence-corrected chi connectivity index (χ4v) is 1.52. The molecule has 0 amide bonds. The Morgan fingerprint density at radius 1 is 1.14 bits per heavy atom. The van der Waals surface area contributed by atoms with E-state index < -0.39 is 0 Å². The molecule has 2 nitrogen and oxygen atoms in total. The third-order valence-electron chi connectivity index (χ3n) is 2.20. The topological polar surface area (TPSA) is 39.2 Å². The maximum atomic E-state index is 5.65. The summed E-state index contributed by atoms with van der Waals surface area (Å²) in [6, 6.07) is 5.97. The second-order valence-electron chi connectivity index (χ2n) is 3.04. The first-order valence-electron chi connectivity index (χ1n) is 4.94. The first-order chi connectivity index (χ1) is 6.70. The van der Waals surface area contributed by atoms with Gasteiger partial charge in [0.2, 0.25) is 0 Å². The minimum absolute atomic E-state index is 0.527. The standard InChI is InChI=1S/C10H11NO.C2H6/c1-6-4-3-5-8-9(6)7(2)10(11)12-8;1-2/h3-5H,11H2,1-2H3;1-2H3. The Hall–Kier alpha value is -1.44. The van der Waals surface area contributed by atoms with Gasteiger partial charge in [-0.3, -0.25) is 0 Å². The number of aryl methyl sites for hydroxylation is 2. The lowest BCUT2D eigenvalue weighted by Crippen LogP contribution is -1.82. The van der Waals surface area contributed by atoms with Crippen LogP contribution in [0.15, 0.2) is 22.6 Å². The van der Waals surface area contributed by atoms with Crippen LogP contribution in [0.1, 0.15) is 25.0 Å². The van der Waals surface area contributed by atoms with Gasteiger partial charge in [-0.15, -0.1) is 0 Å². The third-order valence-corrected chi connectivity index (χ3v) is 2.20. The van der Waals surface area contributed by atoms with Crippen molar-refractivity contribution in [1.29, 1.82) is 0 Å². The molecule has 0 saturated heterocycles. The first kappa shape index (κ1) is 10.6. The van der Waals surface area contributed by atoms with Gasteiger partial charge < -0.3 is 10.2 Å². The second-order valence-corrected chi connectivity index (χ2v) is 3.04. The van der Waals surface area contributed by atoms with E-state index in [-0.39, 0.29) is 0 Å². The SMILES string of the molecule is CC.Cc1cccc2oc(N)c(C)c12. The molecule has 0 fully saturated rings. The van der Waals surface area contributed by atoms with E-state index in [0.717, 1.165) is 16.5 Å². The van der Waals surface area contributed by atoms with E-state index in [1.54, 1.807) is 0 Å². The summed E-state index contributed by atoms with van der Waals surface area (Å²) in [7, 11) is 0. The van der Waals surface area contributed by atoms with Gasteiger partial charge in [-0.1, -0.05) is 26.0 Å². The predicted octanol–water partition coefficient (Wildman–Crippen LogP) is 3.66. The highest BCUT2D eigenvalue weighted by Crippen LogP contribution is 2.28. The molecule has 1 heterocycles. The van der Waals surface area contributed by atoms with E-state index in [9.17, 15) is 0 Å². The summed E-state index contributed by atoms with van der Waals surface area (Å²) in [5.74, 6) is 0.527. The molecule has 0 aliphatic carbocycles. The summed E-state index contributed by atoms with van der Waals surface area (Å²) in [6.45, 7) is 8.04. The molecule has 0 unspecified atom stereocenters. The second kappa shape index (κ2) is 4.18. The molecule has 2 rings (SSSR count). The minimum Gasteiger partial charge on any atom is -0.441 e. The summed E-state index contributed by atoms with van der Waals surface area (Å²) >= 11 is 0. The number of nitrogens with two attached hydrogens (primary N) is 1. The van der Waals surface area contributed by atoms with Gasteiger partial charge in [0.05, 0.1) is 0 Å². The van der Waals surface area contributed by atoms with Crippen molar-refractivity contribution >= 4 is 16.9 Å². The lowest BCUT2D eigenvalue weighted by molar-refractivity contribution is 0.635. The van der Waals surface area contributed by atoms with Crippen LogP contribution in [0.25, 0.3) is 11.0 Å². The molecule has 14 heavy (non-hydrogen) atoms. The molecule has 0 spiro atoms. The third kappa shape index (κ3) is 1.60. The number of hydrogen-bond acceptors (Lipinski definition) is 2. The number of fused-ring (bicyclic) bond motifs is 1. The molecule has 0 aliphatic heterocycles. The van der Waals surface area contributed by atoms with E-state index in [2.05, 4.69) is 13.0 Å². The zero-order valence-electron chi connectivity index (χ0n) is 9.22. The zero-order chi connectivity index (χ0) is 10.7. The summed E-state index contributed by atoms with van der Waals surface area (Å²) < 4.78 is 5.36. The molecule has 1 aromatic carbocycles. The van der Waals surface area contributed by atoms with E-state index in [4.69, 9.17) is 10.2 Å². The maximum absolute atomic E-state index is 5.65. The van der Waals surface area contributed by atoms with Crippen molar-refractivity contribution in [1.82, 2.24) is 0 Å². The summed E-state index contributed by atoms with van der Waals surface area (Å²) in [6.07, 6.45) is 0. The number of hydrogen-bond donors (Lipinski definition) is 1. The van der Waals surface area contributed by atoms with Crippen LogP contribution in [0, 0.1) is 13.8 Å². The average molecular weight is 191 g/mol. The Balaban J connectivity index is 0.000000461. The number of nitrogen functional groups attached to an aromatic ring is 1. The van der Waals surface area contributed by atoms with Gasteiger partial charge in [0.15, 0.2) is 5.88 Å². The Morgan fingerprint density at radius 3 is 2.36 bits per heavy atom. The molecule has 2 aromatic rings. The molecule has 0 bridgehead atoms. The van der Waals surface area contributed by atoms with Crippen molar-refractivity contribution in [2.45, 2.75) is 27.7 Å². The van der Waals surface area contributed by atoms with E-state index in [1.807, 2.05) is 32.9 Å². The Labute approximate surface area is 84.7 Å². The highest BCUT2D eigenvalue weighted by molar-refractivity contribution is 5.87. The van der Waals surface area contributed by atoms with E-state index >= 15 is 0 Å². The van der Waals surface area contributed by atoms with Crippen molar-refractivity contribution in [3.63, 3.8) is 0 Å². The predicted molar refractivity (Wildman–Crippen MR) is 61.4 cm³/mol. The number of benzene rings is 1. The molecule has 0 aliphatic rings. The van der Waals surface area contributed by atoms with Crippen LogP contribution < -0.4 is 5.73 Å². The first-order valence-corrected chi connectivity index (χ1v) is 4.94. The quantitative estimate of drug-likeness (QED) is 0.690. The highest BCUT2D eigenvalue weighted by atomic mass is 16.3. The molecule has 2 N–H and O–H groups in total.